The van der Waals surface area contributed by atoms with E-state index in [0.717, 1.165) is 31.2 Å². The minimum atomic E-state index is 0. The van der Waals surface area contributed by atoms with Crippen molar-refractivity contribution in [3.8, 4) is 0 Å². The van der Waals surface area contributed by atoms with Gasteiger partial charge in [0.1, 0.15) is 0 Å². The summed E-state index contributed by atoms with van der Waals surface area (Å²) in [6, 6.07) is 8.59. The SMILES string of the molecule is Cl.O=C(CCC1CCNCC1)NC1CSc2ccccc21. The Kier molecular flexibility index (Phi) is 6.40. The summed E-state index contributed by atoms with van der Waals surface area (Å²) in [5.74, 6) is 1.91. The molecule has 1 atom stereocenters. The number of carbonyl (C=O) groups excluding carboxylic acids is 1. The van der Waals surface area contributed by atoms with Gasteiger partial charge >= 0.3 is 0 Å². The molecule has 21 heavy (non-hydrogen) atoms. The molecule has 1 aromatic rings. The van der Waals surface area contributed by atoms with Gasteiger partial charge in [0.05, 0.1) is 6.04 Å². The van der Waals surface area contributed by atoms with Gasteiger partial charge in [-0.05, 0) is 49.9 Å². The fourth-order valence-electron chi connectivity index (χ4n) is 3.05. The minimum Gasteiger partial charge on any atom is -0.348 e. The molecule has 1 fully saturated rings. The first-order valence-electron chi connectivity index (χ1n) is 7.55. The summed E-state index contributed by atoms with van der Waals surface area (Å²) >= 11 is 1.84. The van der Waals surface area contributed by atoms with E-state index in [4.69, 9.17) is 0 Å². The third kappa shape index (κ3) is 4.38. The topological polar surface area (TPSA) is 41.1 Å². The van der Waals surface area contributed by atoms with Crippen LogP contribution >= 0.6 is 24.2 Å². The van der Waals surface area contributed by atoms with E-state index >= 15 is 0 Å². The molecule has 2 aliphatic rings. The number of nitrogens with one attached hydrogen (secondary N) is 2. The van der Waals surface area contributed by atoms with Crippen LogP contribution in [0.25, 0.3) is 0 Å². The van der Waals surface area contributed by atoms with Crippen LogP contribution in [0.1, 0.15) is 37.3 Å². The Hall–Kier alpha value is -0.710. The van der Waals surface area contributed by atoms with Gasteiger partial charge < -0.3 is 10.6 Å². The van der Waals surface area contributed by atoms with E-state index in [0.29, 0.717) is 6.42 Å². The average Bonchev–Trinajstić information content (AvgIpc) is 2.90. The monoisotopic (exact) mass is 326 g/mol. The smallest absolute Gasteiger partial charge is 0.220 e. The van der Waals surface area contributed by atoms with Gasteiger partial charge in [-0.25, -0.2) is 0 Å². The molecular formula is C16H23ClN2OS. The first-order chi connectivity index (χ1) is 9.83. The number of hydrogen-bond donors (Lipinski definition) is 2. The van der Waals surface area contributed by atoms with Crippen LogP contribution in [0.5, 0.6) is 0 Å². The molecule has 2 N–H and O–H groups in total. The second kappa shape index (κ2) is 8.06. The Balaban J connectivity index is 0.00000161. The van der Waals surface area contributed by atoms with Crippen LogP contribution in [0.2, 0.25) is 0 Å². The molecule has 0 radical (unpaired) electrons. The number of benzene rings is 1. The molecule has 1 saturated heterocycles. The molecule has 3 nitrogen and oxygen atoms in total. The largest absolute Gasteiger partial charge is 0.348 e. The lowest BCUT2D eigenvalue weighted by Gasteiger charge is -2.22. The van der Waals surface area contributed by atoms with Gasteiger partial charge in [-0.2, -0.15) is 0 Å². The van der Waals surface area contributed by atoms with E-state index < -0.39 is 0 Å². The molecule has 1 aromatic carbocycles. The molecule has 0 aliphatic carbocycles. The molecule has 5 heteroatoms. The molecule has 0 bridgehead atoms. The summed E-state index contributed by atoms with van der Waals surface area (Å²) in [5.41, 5.74) is 1.28. The predicted octanol–water partition coefficient (Wildman–Crippen LogP) is 3.15. The van der Waals surface area contributed by atoms with Gasteiger partial charge in [-0.1, -0.05) is 18.2 Å². The third-order valence-electron chi connectivity index (χ3n) is 4.27. The summed E-state index contributed by atoms with van der Waals surface area (Å²) in [5, 5.41) is 6.57. The predicted molar refractivity (Wildman–Crippen MR) is 90.1 cm³/mol. The van der Waals surface area contributed by atoms with Crippen LogP contribution in [0, 0.1) is 5.92 Å². The van der Waals surface area contributed by atoms with Crippen molar-refractivity contribution in [2.45, 2.75) is 36.6 Å². The zero-order chi connectivity index (χ0) is 13.8. The van der Waals surface area contributed by atoms with Crippen LogP contribution in [0.15, 0.2) is 29.2 Å². The summed E-state index contributed by atoms with van der Waals surface area (Å²) in [7, 11) is 0. The number of fused-ring (bicyclic) bond motifs is 1. The van der Waals surface area contributed by atoms with Gasteiger partial charge in [0.25, 0.3) is 0 Å². The highest BCUT2D eigenvalue weighted by Crippen LogP contribution is 2.37. The molecule has 3 rings (SSSR count). The number of thioether (sulfide) groups is 1. The van der Waals surface area contributed by atoms with E-state index in [2.05, 4.69) is 34.9 Å². The lowest BCUT2D eigenvalue weighted by atomic mass is 9.93. The number of halogens is 1. The Morgan fingerprint density at radius 1 is 1.29 bits per heavy atom. The lowest BCUT2D eigenvalue weighted by molar-refractivity contribution is -0.122. The molecule has 1 unspecified atom stereocenters. The minimum absolute atomic E-state index is 0. The van der Waals surface area contributed by atoms with E-state index in [1.54, 1.807) is 0 Å². The zero-order valence-electron chi connectivity index (χ0n) is 12.1. The Morgan fingerprint density at radius 3 is 2.86 bits per heavy atom. The van der Waals surface area contributed by atoms with Crippen molar-refractivity contribution >= 4 is 30.1 Å². The maximum atomic E-state index is 12.1. The van der Waals surface area contributed by atoms with Crippen LogP contribution in [0.4, 0.5) is 0 Å². The van der Waals surface area contributed by atoms with Crippen LogP contribution in [-0.4, -0.2) is 24.7 Å². The summed E-state index contributed by atoms with van der Waals surface area (Å²) in [4.78, 5) is 13.4. The standard InChI is InChI=1S/C16H22N2OS.ClH/c19-16(6-5-12-7-9-17-10-8-12)18-14-11-20-15-4-2-1-3-13(14)15;/h1-4,12,14,17H,5-11H2,(H,18,19);1H. The van der Waals surface area contributed by atoms with Gasteiger partial charge in [-0.15, -0.1) is 24.2 Å². The highest BCUT2D eigenvalue weighted by atomic mass is 35.5. The molecule has 2 heterocycles. The van der Waals surface area contributed by atoms with Gasteiger partial charge in [0, 0.05) is 17.1 Å². The first-order valence-corrected chi connectivity index (χ1v) is 8.53. The van der Waals surface area contributed by atoms with Gasteiger partial charge in [0.2, 0.25) is 5.91 Å². The summed E-state index contributed by atoms with van der Waals surface area (Å²) < 4.78 is 0. The van der Waals surface area contributed by atoms with E-state index in [1.807, 2.05) is 11.8 Å². The molecule has 2 aliphatic heterocycles. The van der Waals surface area contributed by atoms with E-state index in [1.165, 1.54) is 23.3 Å². The first kappa shape index (κ1) is 16.7. The number of piperidine rings is 1. The maximum Gasteiger partial charge on any atom is 0.220 e. The number of amides is 1. The van der Waals surface area contributed by atoms with Crippen molar-refractivity contribution in [2.75, 3.05) is 18.8 Å². The highest BCUT2D eigenvalue weighted by molar-refractivity contribution is 7.99. The second-order valence-corrected chi connectivity index (χ2v) is 6.76. The number of rotatable bonds is 4. The number of carbonyl (C=O) groups is 1. The highest BCUT2D eigenvalue weighted by Gasteiger charge is 2.24. The van der Waals surface area contributed by atoms with Crippen molar-refractivity contribution in [3.63, 3.8) is 0 Å². The van der Waals surface area contributed by atoms with E-state index in [-0.39, 0.29) is 24.4 Å². The second-order valence-electron chi connectivity index (χ2n) is 5.70. The van der Waals surface area contributed by atoms with Crippen LogP contribution < -0.4 is 10.6 Å². The normalized spacial score (nSPS) is 21.4. The molecule has 0 aromatic heterocycles. The fourth-order valence-corrected chi connectivity index (χ4v) is 4.22. The van der Waals surface area contributed by atoms with Crippen molar-refractivity contribution < 1.29 is 4.79 Å². The van der Waals surface area contributed by atoms with Gasteiger partial charge in [-0.3, -0.25) is 4.79 Å². The van der Waals surface area contributed by atoms with Crippen LogP contribution in [0.3, 0.4) is 0 Å². The van der Waals surface area contributed by atoms with Crippen molar-refractivity contribution in [3.05, 3.63) is 29.8 Å². The Labute approximate surface area is 137 Å². The molecule has 1 amide bonds. The van der Waals surface area contributed by atoms with Crippen LogP contribution in [-0.2, 0) is 4.79 Å². The summed E-state index contributed by atoms with van der Waals surface area (Å²) in [6.45, 7) is 2.22. The molecular weight excluding hydrogens is 304 g/mol. The van der Waals surface area contributed by atoms with E-state index in [9.17, 15) is 4.79 Å². The average molecular weight is 327 g/mol. The summed E-state index contributed by atoms with van der Waals surface area (Å²) in [6.07, 6.45) is 4.15. The van der Waals surface area contributed by atoms with Crippen molar-refractivity contribution in [1.29, 1.82) is 0 Å². The molecule has 0 spiro atoms. The Morgan fingerprint density at radius 2 is 2.05 bits per heavy atom. The third-order valence-corrected chi connectivity index (χ3v) is 5.46. The van der Waals surface area contributed by atoms with Crippen molar-refractivity contribution in [2.24, 2.45) is 5.92 Å². The van der Waals surface area contributed by atoms with Gasteiger partial charge in [0.15, 0.2) is 0 Å². The fraction of sp³-hybridized carbons (Fsp3) is 0.562. The Bertz CT molecular complexity index is 477. The quantitative estimate of drug-likeness (QED) is 0.893. The number of hydrogen-bond acceptors (Lipinski definition) is 3. The van der Waals surface area contributed by atoms with Crippen molar-refractivity contribution in [1.82, 2.24) is 10.6 Å². The lowest BCUT2D eigenvalue weighted by Crippen LogP contribution is -2.31. The maximum absolute atomic E-state index is 12.1. The molecule has 0 saturated carbocycles. The molecule has 116 valence electrons. The zero-order valence-corrected chi connectivity index (χ0v) is 13.8.